The van der Waals surface area contributed by atoms with Crippen molar-refractivity contribution in [2.75, 3.05) is 0 Å². The monoisotopic (exact) mass is 212 g/mol. The highest BCUT2D eigenvalue weighted by atomic mass is 19.2. The first-order valence-electron chi connectivity index (χ1n) is 5.24. The van der Waals surface area contributed by atoms with Crippen LogP contribution in [0.5, 0.6) is 0 Å². The standard InChI is InChI=1S/C12H14F2O/c1-7-5-6-9(12(14)11(7)13)8-3-2-4-10(8)15/h5-6,8,10,15H,2-4H2,1H3. The van der Waals surface area contributed by atoms with Gasteiger partial charge in [-0.25, -0.2) is 8.78 Å². The molecule has 1 saturated carbocycles. The molecule has 0 radical (unpaired) electrons. The predicted molar refractivity (Wildman–Crippen MR) is 53.7 cm³/mol. The summed E-state index contributed by atoms with van der Waals surface area (Å²) in [5.41, 5.74) is 0.631. The highest BCUT2D eigenvalue weighted by molar-refractivity contribution is 5.29. The molecule has 2 rings (SSSR count). The third-order valence-electron chi connectivity index (χ3n) is 3.18. The number of rotatable bonds is 1. The predicted octanol–water partition coefficient (Wildman–Crippen LogP) is 2.90. The van der Waals surface area contributed by atoms with Crippen LogP contribution in [0.4, 0.5) is 8.78 Å². The molecule has 0 aliphatic heterocycles. The Bertz CT molecular complexity index is 376. The Hall–Kier alpha value is -0.960. The SMILES string of the molecule is Cc1ccc(C2CCCC2O)c(F)c1F. The van der Waals surface area contributed by atoms with Gasteiger partial charge in [0.15, 0.2) is 11.6 Å². The molecule has 0 amide bonds. The van der Waals surface area contributed by atoms with E-state index in [1.165, 1.54) is 6.92 Å². The minimum absolute atomic E-state index is 0.236. The highest BCUT2D eigenvalue weighted by Gasteiger charge is 2.29. The van der Waals surface area contributed by atoms with Crippen molar-refractivity contribution in [3.63, 3.8) is 0 Å². The summed E-state index contributed by atoms with van der Waals surface area (Å²) in [6, 6.07) is 3.16. The van der Waals surface area contributed by atoms with Gasteiger partial charge in [-0.3, -0.25) is 0 Å². The summed E-state index contributed by atoms with van der Waals surface area (Å²) in [6.07, 6.45) is 1.77. The van der Waals surface area contributed by atoms with E-state index >= 15 is 0 Å². The van der Waals surface area contributed by atoms with Crippen LogP contribution in [0.2, 0.25) is 0 Å². The van der Waals surface area contributed by atoms with Crippen molar-refractivity contribution in [1.29, 1.82) is 0 Å². The molecule has 1 N–H and O–H groups in total. The number of aliphatic hydroxyl groups is 1. The molecule has 1 aromatic carbocycles. The van der Waals surface area contributed by atoms with E-state index in [0.29, 0.717) is 17.5 Å². The number of benzene rings is 1. The van der Waals surface area contributed by atoms with Crippen molar-refractivity contribution in [2.45, 2.75) is 38.2 Å². The lowest BCUT2D eigenvalue weighted by Gasteiger charge is -2.16. The molecule has 0 bridgehead atoms. The summed E-state index contributed by atoms with van der Waals surface area (Å²) in [5.74, 6) is -1.81. The van der Waals surface area contributed by atoms with Crippen molar-refractivity contribution in [1.82, 2.24) is 0 Å². The van der Waals surface area contributed by atoms with Crippen LogP contribution in [0.15, 0.2) is 12.1 Å². The summed E-state index contributed by atoms with van der Waals surface area (Å²) in [4.78, 5) is 0. The van der Waals surface area contributed by atoms with Gasteiger partial charge in [0.2, 0.25) is 0 Å². The van der Waals surface area contributed by atoms with Crippen molar-refractivity contribution in [3.05, 3.63) is 34.9 Å². The summed E-state index contributed by atoms with van der Waals surface area (Å²) in [7, 11) is 0. The largest absolute Gasteiger partial charge is 0.392 e. The average molecular weight is 212 g/mol. The molecule has 1 fully saturated rings. The van der Waals surface area contributed by atoms with E-state index in [0.717, 1.165) is 12.8 Å². The fourth-order valence-electron chi connectivity index (χ4n) is 2.25. The number of hydrogen-bond acceptors (Lipinski definition) is 1. The Morgan fingerprint density at radius 3 is 2.53 bits per heavy atom. The average Bonchev–Trinajstić information content (AvgIpc) is 2.62. The lowest BCUT2D eigenvalue weighted by atomic mass is 9.94. The maximum absolute atomic E-state index is 13.6. The van der Waals surface area contributed by atoms with Crippen molar-refractivity contribution < 1.29 is 13.9 Å². The first-order chi connectivity index (χ1) is 7.11. The molecule has 0 saturated heterocycles. The van der Waals surface area contributed by atoms with Gasteiger partial charge in [-0.1, -0.05) is 18.6 Å². The second kappa shape index (κ2) is 3.89. The highest BCUT2D eigenvalue weighted by Crippen LogP contribution is 2.36. The molecule has 1 aromatic rings. The molecule has 1 aliphatic carbocycles. The molecule has 0 spiro atoms. The van der Waals surface area contributed by atoms with E-state index < -0.39 is 17.7 Å². The van der Waals surface area contributed by atoms with Gasteiger partial charge in [-0.2, -0.15) is 0 Å². The van der Waals surface area contributed by atoms with Crippen LogP contribution >= 0.6 is 0 Å². The van der Waals surface area contributed by atoms with Crippen molar-refractivity contribution >= 4 is 0 Å². The van der Waals surface area contributed by atoms with Gasteiger partial charge < -0.3 is 5.11 Å². The Balaban J connectivity index is 2.40. The third-order valence-corrected chi connectivity index (χ3v) is 3.18. The molecule has 1 aliphatic rings. The van der Waals surface area contributed by atoms with Crippen molar-refractivity contribution in [3.8, 4) is 0 Å². The molecular formula is C12H14F2O. The van der Waals surface area contributed by atoms with E-state index in [1.54, 1.807) is 12.1 Å². The fraction of sp³-hybridized carbons (Fsp3) is 0.500. The van der Waals surface area contributed by atoms with Crippen LogP contribution in [0.1, 0.15) is 36.3 Å². The summed E-state index contributed by atoms with van der Waals surface area (Å²) in [5, 5.41) is 9.64. The second-order valence-electron chi connectivity index (χ2n) is 4.20. The molecule has 82 valence electrons. The first kappa shape index (κ1) is 10.6. The lowest BCUT2D eigenvalue weighted by molar-refractivity contribution is 0.162. The zero-order valence-corrected chi connectivity index (χ0v) is 8.63. The second-order valence-corrected chi connectivity index (χ2v) is 4.20. The lowest BCUT2D eigenvalue weighted by Crippen LogP contribution is -2.13. The van der Waals surface area contributed by atoms with Gasteiger partial charge in [-0.05, 0) is 30.9 Å². The summed E-state index contributed by atoms with van der Waals surface area (Å²) >= 11 is 0. The minimum Gasteiger partial charge on any atom is -0.392 e. The minimum atomic E-state index is -0.791. The molecule has 0 aromatic heterocycles. The van der Waals surface area contributed by atoms with E-state index in [9.17, 15) is 13.9 Å². The Morgan fingerprint density at radius 2 is 1.93 bits per heavy atom. The zero-order valence-electron chi connectivity index (χ0n) is 8.63. The molecular weight excluding hydrogens is 198 g/mol. The molecule has 2 atom stereocenters. The van der Waals surface area contributed by atoms with Crippen LogP contribution < -0.4 is 0 Å². The van der Waals surface area contributed by atoms with Gasteiger partial charge >= 0.3 is 0 Å². The fourth-order valence-corrected chi connectivity index (χ4v) is 2.25. The van der Waals surface area contributed by atoms with E-state index in [4.69, 9.17) is 0 Å². The third kappa shape index (κ3) is 1.76. The van der Waals surface area contributed by atoms with Crippen LogP contribution in [0.3, 0.4) is 0 Å². The summed E-state index contributed by atoms with van der Waals surface area (Å²) in [6.45, 7) is 1.53. The van der Waals surface area contributed by atoms with Gasteiger partial charge in [0.25, 0.3) is 0 Å². The Kier molecular flexibility index (Phi) is 2.74. The van der Waals surface area contributed by atoms with Crippen molar-refractivity contribution in [2.24, 2.45) is 0 Å². The van der Waals surface area contributed by atoms with Gasteiger partial charge in [0, 0.05) is 5.92 Å². The van der Waals surface area contributed by atoms with E-state index in [1.807, 2.05) is 0 Å². The van der Waals surface area contributed by atoms with Crippen LogP contribution in [-0.2, 0) is 0 Å². The maximum atomic E-state index is 13.6. The first-order valence-corrected chi connectivity index (χ1v) is 5.24. The van der Waals surface area contributed by atoms with Crippen LogP contribution in [-0.4, -0.2) is 11.2 Å². The van der Waals surface area contributed by atoms with Gasteiger partial charge in [0.05, 0.1) is 6.10 Å². The molecule has 15 heavy (non-hydrogen) atoms. The number of aliphatic hydroxyl groups excluding tert-OH is 1. The smallest absolute Gasteiger partial charge is 0.162 e. The van der Waals surface area contributed by atoms with E-state index in [2.05, 4.69) is 0 Å². The molecule has 3 heteroatoms. The molecule has 0 heterocycles. The van der Waals surface area contributed by atoms with E-state index in [-0.39, 0.29) is 5.92 Å². The van der Waals surface area contributed by atoms with Crippen LogP contribution in [0, 0.1) is 18.6 Å². The summed E-state index contributed by atoms with van der Waals surface area (Å²) < 4.78 is 26.9. The zero-order chi connectivity index (χ0) is 11.0. The molecule has 2 unspecified atom stereocenters. The Morgan fingerprint density at radius 1 is 1.20 bits per heavy atom. The number of halogens is 2. The van der Waals surface area contributed by atoms with Gasteiger partial charge in [0.1, 0.15) is 0 Å². The Labute approximate surface area is 87.7 Å². The normalized spacial score (nSPS) is 25.9. The van der Waals surface area contributed by atoms with Crippen LogP contribution in [0.25, 0.3) is 0 Å². The molecule has 1 nitrogen and oxygen atoms in total. The number of aryl methyl sites for hydroxylation is 1. The number of hydrogen-bond donors (Lipinski definition) is 1. The van der Waals surface area contributed by atoms with Gasteiger partial charge in [-0.15, -0.1) is 0 Å². The maximum Gasteiger partial charge on any atom is 0.162 e. The topological polar surface area (TPSA) is 20.2 Å². The quantitative estimate of drug-likeness (QED) is 0.758.